The van der Waals surface area contributed by atoms with E-state index in [0.29, 0.717) is 19.7 Å². The fourth-order valence-electron chi connectivity index (χ4n) is 2.25. The molecule has 0 spiro atoms. The van der Waals surface area contributed by atoms with E-state index >= 15 is 0 Å². The van der Waals surface area contributed by atoms with Crippen molar-refractivity contribution >= 4 is 23.8 Å². The minimum absolute atomic E-state index is 0.0146. The molecular weight excluding hydrogens is 280 g/mol. The van der Waals surface area contributed by atoms with Crippen molar-refractivity contribution < 1.29 is 19.4 Å². The molecule has 0 aliphatic carbocycles. The molecule has 6 nitrogen and oxygen atoms in total. The highest BCUT2D eigenvalue weighted by atomic mass is 32.2. The largest absolute Gasteiger partial charge is 0.480 e. The van der Waals surface area contributed by atoms with Crippen LogP contribution in [0.4, 0.5) is 4.79 Å². The highest BCUT2D eigenvalue weighted by Gasteiger charge is 2.34. The van der Waals surface area contributed by atoms with Crippen molar-refractivity contribution in [2.75, 3.05) is 32.6 Å². The Kier molecular flexibility index (Phi) is 6.61. The lowest BCUT2D eigenvalue weighted by Gasteiger charge is -2.35. The van der Waals surface area contributed by atoms with E-state index in [1.165, 1.54) is 4.90 Å². The van der Waals surface area contributed by atoms with E-state index in [1.54, 1.807) is 11.8 Å². The molecule has 1 atom stereocenters. The Morgan fingerprint density at radius 1 is 1.45 bits per heavy atom. The average Bonchev–Trinajstić information content (AvgIpc) is 2.49. The molecule has 2 amide bonds. The normalized spacial score (nSPS) is 19.8. The number of hydrogen-bond acceptors (Lipinski definition) is 4. The summed E-state index contributed by atoms with van der Waals surface area (Å²) in [6.07, 6.45) is 3.95. The van der Waals surface area contributed by atoms with Gasteiger partial charge in [-0.25, -0.2) is 9.59 Å². The van der Waals surface area contributed by atoms with Gasteiger partial charge in [0.2, 0.25) is 0 Å². The van der Waals surface area contributed by atoms with Gasteiger partial charge in [0.05, 0.1) is 13.2 Å². The van der Waals surface area contributed by atoms with Gasteiger partial charge < -0.3 is 20.1 Å². The number of carboxylic acid groups (broad SMARTS) is 1. The summed E-state index contributed by atoms with van der Waals surface area (Å²) in [6.45, 7) is 5.49. The summed E-state index contributed by atoms with van der Waals surface area (Å²) >= 11 is 1.74. The molecule has 1 aliphatic rings. The smallest absolute Gasteiger partial charge is 0.328 e. The molecule has 0 bridgehead atoms. The number of carbonyl (C=O) groups is 2. The molecule has 116 valence electrons. The van der Waals surface area contributed by atoms with Crippen LogP contribution in [0.1, 0.15) is 26.7 Å². The number of thioether (sulfide) groups is 1. The molecule has 1 aliphatic heterocycles. The van der Waals surface area contributed by atoms with Crippen LogP contribution in [0.15, 0.2) is 0 Å². The standard InChI is InChI=1S/C13H24N2O4S/c1-4-13(5-2,20-3)9-14-12(18)15-6-7-19-8-10(15)11(16)17/h10H,4-9H2,1-3H3,(H,14,18)(H,16,17). The van der Waals surface area contributed by atoms with Crippen molar-refractivity contribution in [3.8, 4) is 0 Å². The summed E-state index contributed by atoms with van der Waals surface area (Å²) in [4.78, 5) is 24.7. The van der Waals surface area contributed by atoms with Crippen LogP contribution in [0.25, 0.3) is 0 Å². The van der Waals surface area contributed by atoms with Gasteiger partial charge in [0, 0.05) is 17.8 Å². The number of morpholine rings is 1. The Morgan fingerprint density at radius 3 is 2.60 bits per heavy atom. The van der Waals surface area contributed by atoms with Crippen molar-refractivity contribution in [3.63, 3.8) is 0 Å². The number of amides is 2. The predicted molar refractivity (Wildman–Crippen MR) is 79.2 cm³/mol. The van der Waals surface area contributed by atoms with Crippen LogP contribution < -0.4 is 5.32 Å². The van der Waals surface area contributed by atoms with Crippen molar-refractivity contribution in [3.05, 3.63) is 0 Å². The first kappa shape index (κ1) is 17.1. The molecule has 1 rings (SSSR count). The number of carbonyl (C=O) groups excluding carboxylic acids is 1. The summed E-state index contributed by atoms with van der Waals surface area (Å²) in [5.74, 6) is -1.03. The van der Waals surface area contributed by atoms with Crippen LogP contribution in [0.3, 0.4) is 0 Å². The Balaban J connectivity index is 2.62. The molecule has 7 heteroatoms. The highest BCUT2D eigenvalue weighted by molar-refractivity contribution is 8.00. The number of hydrogen-bond donors (Lipinski definition) is 2. The molecule has 20 heavy (non-hydrogen) atoms. The van der Waals surface area contributed by atoms with Gasteiger partial charge in [-0.3, -0.25) is 0 Å². The maximum atomic E-state index is 12.2. The Morgan fingerprint density at radius 2 is 2.10 bits per heavy atom. The molecule has 2 N–H and O–H groups in total. The second-order valence-corrected chi connectivity index (χ2v) is 6.15. The van der Waals surface area contributed by atoms with Gasteiger partial charge in [0.15, 0.2) is 6.04 Å². The fraction of sp³-hybridized carbons (Fsp3) is 0.846. The number of aliphatic carboxylic acids is 1. The van der Waals surface area contributed by atoms with Crippen LogP contribution in [0.2, 0.25) is 0 Å². The van der Waals surface area contributed by atoms with E-state index in [4.69, 9.17) is 9.84 Å². The first-order chi connectivity index (χ1) is 9.49. The van der Waals surface area contributed by atoms with E-state index in [9.17, 15) is 9.59 Å². The molecule has 1 heterocycles. The molecule has 1 unspecified atom stereocenters. The third-order valence-corrected chi connectivity index (χ3v) is 5.55. The lowest BCUT2D eigenvalue weighted by Crippen LogP contribution is -2.57. The lowest BCUT2D eigenvalue weighted by atomic mass is 10.0. The minimum atomic E-state index is -1.03. The van der Waals surface area contributed by atoms with Crippen molar-refractivity contribution in [1.29, 1.82) is 0 Å². The molecule has 0 aromatic heterocycles. The zero-order chi connectivity index (χ0) is 15.2. The summed E-state index contributed by atoms with van der Waals surface area (Å²) in [5.41, 5.74) is 0. The molecule has 0 radical (unpaired) electrons. The quantitative estimate of drug-likeness (QED) is 0.775. The SMILES string of the molecule is CCC(CC)(CNC(=O)N1CCOCC1C(=O)O)SC. The van der Waals surface area contributed by atoms with Gasteiger partial charge in [0.1, 0.15) is 0 Å². The first-order valence-corrected chi connectivity index (χ1v) is 8.12. The van der Waals surface area contributed by atoms with E-state index in [1.807, 2.05) is 6.26 Å². The highest BCUT2D eigenvalue weighted by Crippen LogP contribution is 2.29. The maximum absolute atomic E-state index is 12.2. The summed E-state index contributed by atoms with van der Waals surface area (Å²) < 4.78 is 5.14. The second kappa shape index (κ2) is 7.73. The van der Waals surface area contributed by atoms with Gasteiger partial charge in [-0.15, -0.1) is 0 Å². The van der Waals surface area contributed by atoms with Crippen LogP contribution in [-0.4, -0.2) is 65.4 Å². The number of carboxylic acids is 1. The van der Waals surface area contributed by atoms with Crippen LogP contribution in [-0.2, 0) is 9.53 Å². The van der Waals surface area contributed by atoms with Gasteiger partial charge in [-0.1, -0.05) is 13.8 Å². The topological polar surface area (TPSA) is 78.9 Å². The second-order valence-electron chi connectivity index (χ2n) is 4.88. The van der Waals surface area contributed by atoms with Crippen molar-refractivity contribution in [2.24, 2.45) is 0 Å². The lowest BCUT2D eigenvalue weighted by molar-refractivity contribution is -0.147. The minimum Gasteiger partial charge on any atom is -0.480 e. The van der Waals surface area contributed by atoms with Gasteiger partial charge in [-0.2, -0.15) is 11.8 Å². The summed E-state index contributed by atoms with van der Waals surface area (Å²) in [6, 6.07) is -1.21. The first-order valence-electron chi connectivity index (χ1n) is 6.89. The number of urea groups is 1. The van der Waals surface area contributed by atoms with E-state index in [-0.39, 0.29) is 17.4 Å². The maximum Gasteiger partial charge on any atom is 0.328 e. The van der Waals surface area contributed by atoms with Gasteiger partial charge in [0.25, 0.3) is 0 Å². The monoisotopic (exact) mass is 304 g/mol. The van der Waals surface area contributed by atoms with Crippen LogP contribution in [0.5, 0.6) is 0 Å². The molecule has 1 fully saturated rings. The van der Waals surface area contributed by atoms with E-state index in [0.717, 1.165) is 12.8 Å². The fourth-order valence-corrected chi connectivity index (χ4v) is 3.04. The Hall–Kier alpha value is -0.950. The third kappa shape index (κ3) is 4.02. The summed E-state index contributed by atoms with van der Waals surface area (Å²) in [5, 5.41) is 12.0. The number of nitrogens with one attached hydrogen (secondary N) is 1. The molecule has 0 aromatic rings. The predicted octanol–water partition coefficient (Wildman–Crippen LogP) is 1.40. The van der Waals surface area contributed by atoms with Gasteiger partial charge in [-0.05, 0) is 19.1 Å². The molecule has 0 saturated carbocycles. The van der Waals surface area contributed by atoms with Gasteiger partial charge >= 0.3 is 12.0 Å². The number of nitrogens with zero attached hydrogens (tertiary/aromatic N) is 1. The number of rotatable bonds is 6. The summed E-state index contributed by atoms with van der Waals surface area (Å²) in [7, 11) is 0. The Labute approximate surface area is 124 Å². The average molecular weight is 304 g/mol. The van der Waals surface area contributed by atoms with Crippen molar-refractivity contribution in [2.45, 2.75) is 37.5 Å². The van der Waals surface area contributed by atoms with Crippen LogP contribution >= 0.6 is 11.8 Å². The molecule has 0 aromatic carbocycles. The van der Waals surface area contributed by atoms with Crippen LogP contribution in [0, 0.1) is 0 Å². The zero-order valence-electron chi connectivity index (χ0n) is 12.3. The van der Waals surface area contributed by atoms with E-state index in [2.05, 4.69) is 19.2 Å². The molecular formula is C13H24N2O4S. The zero-order valence-corrected chi connectivity index (χ0v) is 13.2. The Bertz CT molecular complexity index is 339. The van der Waals surface area contributed by atoms with Crippen molar-refractivity contribution in [1.82, 2.24) is 10.2 Å². The van der Waals surface area contributed by atoms with E-state index < -0.39 is 12.0 Å². The third-order valence-electron chi connectivity index (χ3n) is 3.96. The number of ether oxygens (including phenoxy) is 1. The molecule has 1 saturated heterocycles.